The van der Waals surface area contributed by atoms with Gasteiger partial charge in [0.05, 0.1) is 24.6 Å². The number of amides is 2. The second-order valence-corrected chi connectivity index (χ2v) is 9.10. The van der Waals surface area contributed by atoms with Gasteiger partial charge in [0.1, 0.15) is 11.5 Å². The zero-order valence-electron chi connectivity index (χ0n) is 17.6. The molecule has 3 fully saturated rings. The van der Waals surface area contributed by atoms with Crippen molar-refractivity contribution in [2.24, 2.45) is 35.5 Å². The third-order valence-corrected chi connectivity index (χ3v) is 7.54. The summed E-state index contributed by atoms with van der Waals surface area (Å²) in [6, 6.07) is 13.7. The van der Waals surface area contributed by atoms with Gasteiger partial charge in [-0.1, -0.05) is 12.2 Å². The molecule has 6 nitrogen and oxygen atoms in total. The van der Waals surface area contributed by atoms with Crippen molar-refractivity contribution in [2.45, 2.75) is 6.42 Å². The number of nitrogens with zero attached hydrogens (tertiary/aromatic N) is 1. The molecule has 162 valence electrons. The number of anilines is 1. The van der Waals surface area contributed by atoms with Crippen LogP contribution >= 0.6 is 0 Å². The molecule has 2 bridgehead atoms. The van der Waals surface area contributed by atoms with Crippen LogP contribution in [0.1, 0.15) is 16.8 Å². The molecule has 2 amide bonds. The van der Waals surface area contributed by atoms with Gasteiger partial charge in [0.25, 0.3) is 0 Å². The molecule has 6 atom stereocenters. The quantitative estimate of drug-likeness (QED) is 0.399. The highest BCUT2D eigenvalue weighted by molar-refractivity contribution is 6.22. The highest BCUT2D eigenvalue weighted by atomic mass is 16.5. The van der Waals surface area contributed by atoms with Gasteiger partial charge < -0.3 is 9.47 Å². The van der Waals surface area contributed by atoms with Crippen LogP contribution in [0, 0.1) is 35.5 Å². The molecule has 7 rings (SSSR count). The van der Waals surface area contributed by atoms with E-state index in [9.17, 15) is 14.4 Å². The first-order chi connectivity index (χ1) is 15.6. The smallest absolute Gasteiger partial charge is 0.238 e. The summed E-state index contributed by atoms with van der Waals surface area (Å²) in [5.41, 5.74) is 1.11. The summed E-state index contributed by atoms with van der Waals surface area (Å²) in [4.78, 5) is 40.1. The van der Waals surface area contributed by atoms with E-state index in [1.54, 1.807) is 55.6 Å². The molecule has 4 aliphatic carbocycles. The number of hydrogen-bond acceptors (Lipinski definition) is 5. The van der Waals surface area contributed by atoms with E-state index in [1.165, 1.54) is 4.90 Å². The van der Waals surface area contributed by atoms with E-state index >= 15 is 0 Å². The van der Waals surface area contributed by atoms with Crippen LogP contribution in [0.15, 0.2) is 60.7 Å². The highest BCUT2D eigenvalue weighted by Crippen LogP contribution is 2.65. The van der Waals surface area contributed by atoms with Crippen molar-refractivity contribution in [1.82, 2.24) is 0 Å². The predicted molar refractivity (Wildman–Crippen MR) is 116 cm³/mol. The van der Waals surface area contributed by atoms with Gasteiger partial charge in [-0.25, -0.2) is 0 Å². The van der Waals surface area contributed by atoms with E-state index in [1.807, 2.05) is 0 Å². The van der Waals surface area contributed by atoms with E-state index in [-0.39, 0.29) is 47.9 Å². The maximum Gasteiger partial charge on any atom is 0.238 e. The van der Waals surface area contributed by atoms with Gasteiger partial charge in [0, 0.05) is 5.56 Å². The van der Waals surface area contributed by atoms with E-state index in [4.69, 9.17) is 9.47 Å². The van der Waals surface area contributed by atoms with Gasteiger partial charge in [-0.15, -0.1) is 0 Å². The Kier molecular flexibility index (Phi) is 4.25. The molecule has 2 aromatic carbocycles. The molecular weight excluding hydrogens is 406 g/mol. The Morgan fingerprint density at radius 1 is 0.875 bits per heavy atom. The summed E-state index contributed by atoms with van der Waals surface area (Å²) in [7, 11) is 1.57. The summed E-state index contributed by atoms with van der Waals surface area (Å²) in [6.07, 6.45) is 5.49. The van der Waals surface area contributed by atoms with Crippen LogP contribution in [0.25, 0.3) is 0 Å². The molecule has 1 aliphatic heterocycles. The Bertz CT molecular complexity index is 1100. The standard InChI is InChI=1S/C26H23NO5/c1-31-16-6-2-14(3-7-16)22(28)13-32-17-8-4-15(5-9-17)27-25(29)23-18-10-11-19(21-12-20(18)21)24(23)26(27)30/h2-11,18-21,23-24H,12-13H2,1H3/t18-,19+,20+,21-,23+,24-. The number of ether oxygens (including phenoxy) is 2. The molecule has 0 unspecified atom stereocenters. The maximum atomic E-state index is 13.2. The molecule has 0 N–H and O–H groups in total. The lowest BCUT2D eigenvalue weighted by molar-refractivity contribution is -0.124. The molecule has 1 saturated heterocycles. The fourth-order valence-electron chi connectivity index (χ4n) is 5.91. The van der Waals surface area contributed by atoms with Crippen LogP contribution in [-0.4, -0.2) is 31.3 Å². The van der Waals surface area contributed by atoms with Crippen molar-refractivity contribution < 1.29 is 23.9 Å². The number of carbonyl (C=O) groups is 3. The number of benzene rings is 2. The molecule has 0 spiro atoms. The second-order valence-electron chi connectivity index (χ2n) is 9.10. The van der Waals surface area contributed by atoms with Gasteiger partial charge in [-0.3, -0.25) is 19.3 Å². The van der Waals surface area contributed by atoms with Crippen molar-refractivity contribution in [3.05, 3.63) is 66.2 Å². The van der Waals surface area contributed by atoms with Crippen LogP contribution in [0.2, 0.25) is 0 Å². The molecule has 0 radical (unpaired) electrons. The van der Waals surface area contributed by atoms with E-state index in [0.29, 0.717) is 34.6 Å². The SMILES string of the molecule is COc1ccc(C(=O)COc2ccc(N3C(=O)[C@@H]4[C@H]5C=C[C@H]([C@@H]6C[C@H]56)[C@@H]4C3=O)cc2)cc1. The van der Waals surface area contributed by atoms with Crippen LogP contribution in [-0.2, 0) is 9.59 Å². The summed E-state index contributed by atoms with van der Waals surface area (Å²) in [6.45, 7) is -0.102. The van der Waals surface area contributed by atoms with Crippen LogP contribution in [0.3, 0.4) is 0 Å². The van der Waals surface area contributed by atoms with Crippen molar-refractivity contribution in [3.63, 3.8) is 0 Å². The van der Waals surface area contributed by atoms with Crippen molar-refractivity contribution in [1.29, 1.82) is 0 Å². The van der Waals surface area contributed by atoms with Gasteiger partial charge in [0.15, 0.2) is 12.4 Å². The van der Waals surface area contributed by atoms with E-state index < -0.39 is 0 Å². The van der Waals surface area contributed by atoms with Crippen molar-refractivity contribution in [3.8, 4) is 11.5 Å². The lowest BCUT2D eigenvalue weighted by atomic mass is 9.63. The number of methoxy groups -OCH3 is 1. The number of hydrogen-bond donors (Lipinski definition) is 0. The Morgan fingerprint density at radius 2 is 1.44 bits per heavy atom. The van der Waals surface area contributed by atoms with Crippen LogP contribution < -0.4 is 14.4 Å². The normalized spacial score (nSPS) is 31.3. The molecule has 32 heavy (non-hydrogen) atoms. The molecule has 2 saturated carbocycles. The highest BCUT2D eigenvalue weighted by Gasteiger charge is 2.67. The first kappa shape index (κ1) is 19.3. The third-order valence-electron chi connectivity index (χ3n) is 7.54. The van der Waals surface area contributed by atoms with Gasteiger partial charge >= 0.3 is 0 Å². The Labute approximate surface area is 185 Å². The number of ketones is 1. The summed E-state index contributed by atoms with van der Waals surface area (Å²) in [5, 5.41) is 0. The minimum atomic E-state index is -0.209. The lowest BCUT2D eigenvalue weighted by Gasteiger charge is -2.37. The number of imide groups is 1. The lowest BCUT2D eigenvalue weighted by Crippen LogP contribution is -2.40. The number of Topliss-reactive ketones (excluding diaryl/α,β-unsaturated/α-hetero) is 1. The van der Waals surface area contributed by atoms with Crippen molar-refractivity contribution >= 4 is 23.3 Å². The Balaban J connectivity index is 1.14. The predicted octanol–water partition coefficient (Wildman–Crippen LogP) is 3.51. The van der Waals surface area contributed by atoms with E-state index in [2.05, 4.69) is 12.2 Å². The second kappa shape index (κ2) is 7.05. The first-order valence-electron chi connectivity index (χ1n) is 11.0. The summed E-state index contributed by atoms with van der Waals surface area (Å²) >= 11 is 0. The zero-order valence-corrected chi connectivity index (χ0v) is 17.6. The molecule has 6 heteroatoms. The van der Waals surface area contributed by atoms with Gasteiger partial charge in [-0.05, 0) is 78.6 Å². The van der Waals surface area contributed by atoms with Crippen LogP contribution in [0.4, 0.5) is 5.69 Å². The summed E-state index contributed by atoms with van der Waals surface area (Å²) < 4.78 is 10.7. The molecule has 1 heterocycles. The molecular formula is C26H23NO5. The van der Waals surface area contributed by atoms with E-state index in [0.717, 1.165) is 6.42 Å². The fourth-order valence-corrected chi connectivity index (χ4v) is 5.91. The Hall–Kier alpha value is -3.41. The summed E-state index contributed by atoms with van der Waals surface area (Å²) in [5.74, 6) is 2.07. The molecule has 2 aromatic rings. The minimum Gasteiger partial charge on any atom is -0.497 e. The molecule has 0 aromatic heterocycles. The van der Waals surface area contributed by atoms with Crippen molar-refractivity contribution in [2.75, 3.05) is 18.6 Å². The average Bonchev–Trinajstić information content (AvgIpc) is 3.61. The number of rotatable bonds is 6. The molecule has 5 aliphatic rings. The third kappa shape index (κ3) is 2.82. The Morgan fingerprint density at radius 3 is 2.00 bits per heavy atom. The number of carbonyl (C=O) groups excluding carboxylic acids is 3. The van der Waals surface area contributed by atoms with Gasteiger partial charge in [0.2, 0.25) is 11.8 Å². The minimum absolute atomic E-state index is 0.0759. The topological polar surface area (TPSA) is 72.9 Å². The zero-order chi connectivity index (χ0) is 22.0. The first-order valence-corrected chi connectivity index (χ1v) is 11.0. The average molecular weight is 429 g/mol. The fraction of sp³-hybridized carbons (Fsp3) is 0.346. The largest absolute Gasteiger partial charge is 0.497 e. The van der Waals surface area contributed by atoms with Gasteiger partial charge in [-0.2, -0.15) is 0 Å². The van der Waals surface area contributed by atoms with Crippen LogP contribution in [0.5, 0.6) is 11.5 Å². The monoisotopic (exact) mass is 429 g/mol. The maximum absolute atomic E-state index is 13.2. The number of allylic oxidation sites excluding steroid dienone is 2.